The number of alkyl halides is 1. The summed E-state index contributed by atoms with van der Waals surface area (Å²) in [5.74, 6) is 0. The third-order valence-corrected chi connectivity index (χ3v) is 2.98. The molecule has 0 heterocycles. The monoisotopic (exact) mass is 246 g/mol. The number of hydrogen-bond acceptors (Lipinski definition) is 0. The fraction of sp³-hybridized carbons (Fsp3) is 0.0769. The lowest BCUT2D eigenvalue weighted by atomic mass is 10.0. The largest absolute Gasteiger partial charge is 0.0985 e. The van der Waals surface area contributed by atoms with Crippen LogP contribution in [-0.4, -0.2) is 0 Å². The SMILES string of the molecule is C=Cc1ccc2c(CBr)cccc2c1. The van der Waals surface area contributed by atoms with Gasteiger partial charge in [-0.05, 0) is 28.0 Å². The predicted octanol–water partition coefficient (Wildman–Crippen LogP) is 4.38. The Balaban J connectivity index is 2.73. The highest BCUT2D eigenvalue weighted by Crippen LogP contribution is 2.22. The van der Waals surface area contributed by atoms with Gasteiger partial charge in [-0.1, -0.05) is 58.9 Å². The second kappa shape index (κ2) is 3.97. The minimum Gasteiger partial charge on any atom is -0.0985 e. The number of halogens is 1. The van der Waals surface area contributed by atoms with Gasteiger partial charge >= 0.3 is 0 Å². The maximum absolute atomic E-state index is 3.77. The zero-order chi connectivity index (χ0) is 9.97. The van der Waals surface area contributed by atoms with Crippen molar-refractivity contribution in [3.8, 4) is 0 Å². The lowest BCUT2D eigenvalue weighted by Gasteiger charge is -2.04. The molecule has 0 nitrogen and oxygen atoms in total. The molecular formula is C13H11Br. The first-order chi connectivity index (χ1) is 6.85. The van der Waals surface area contributed by atoms with Crippen LogP contribution in [0.5, 0.6) is 0 Å². The summed E-state index contributed by atoms with van der Waals surface area (Å²) in [4.78, 5) is 0. The summed E-state index contributed by atoms with van der Waals surface area (Å²) in [5.41, 5.74) is 2.50. The van der Waals surface area contributed by atoms with Gasteiger partial charge in [-0.15, -0.1) is 0 Å². The molecule has 0 amide bonds. The molecule has 0 radical (unpaired) electrons. The van der Waals surface area contributed by atoms with Crippen molar-refractivity contribution in [2.75, 3.05) is 0 Å². The second-order valence-corrected chi connectivity index (χ2v) is 3.80. The van der Waals surface area contributed by atoms with Crippen LogP contribution < -0.4 is 0 Å². The lowest BCUT2D eigenvalue weighted by Crippen LogP contribution is -1.82. The molecule has 0 fully saturated rings. The smallest absolute Gasteiger partial charge is 0.0289 e. The van der Waals surface area contributed by atoms with Gasteiger partial charge in [-0.2, -0.15) is 0 Å². The molecule has 0 N–H and O–H groups in total. The quantitative estimate of drug-likeness (QED) is 0.691. The van der Waals surface area contributed by atoms with Crippen LogP contribution in [0.1, 0.15) is 11.1 Å². The predicted molar refractivity (Wildman–Crippen MR) is 66.7 cm³/mol. The van der Waals surface area contributed by atoms with E-state index in [1.54, 1.807) is 0 Å². The first-order valence-corrected chi connectivity index (χ1v) is 5.67. The minimum atomic E-state index is 0.901. The molecule has 0 aromatic heterocycles. The van der Waals surface area contributed by atoms with Gasteiger partial charge in [0.05, 0.1) is 0 Å². The van der Waals surface area contributed by atoms with Crippen molar-refractivity contribution in [3.05, 3.63) is 54.1 Å². The van der Waals surface area contributed by atoms with Gasteiger partial charge in [0, 0.05) is 5.33 Å². The topological polar surface area (TPSA) is 0 Å². The van der Waals surface area contributed by atoms with Gasteiger partial charge in [0.25, 0.3) is 0 Å². The van der Waals surface area contributed by atoms with E-state index in [1.807, 2.05) is 6.08 Å². The second-order valence-electron chi connectivity index (χ2n) is 3.24. The zero-order valence-corrected chi connectivity index (χ0v) is 9.42. The van der Waals surface area contributed by atoms with E-state index in [2.05, 4.69) is 58.9 Å². The molecule has 2 aromatic carbocycles. The normalized spacial score (nSPS) is 10.4. The van der Waals surface area contributed by atoms with E-state index >= 15 is 0 Å². The molecule has 0 unspecified atom stereocenters. The molecule has 0 aliphatic carbocycles. The number of hydrogen-bond donors (Lipinski definition) is 0. The molecule has 0 aliphatic rings. The van der Waals surface area contributed by atoms with Gasteiger partial charge in [0.2, 0.25) is 0 Å². The summed E-state index contributed by atoms with van der Waals surface area (Å²) in [5, 5.41) is 3.49. The van der Waals surface area contributed by atoms with E-state index in [9.17, 15) is 0 Å². The molecule has 2 rings (SSSR count). The van der Waals surface area contributed by atoms with E-state index in [1.165, 1.54) is 21.9 Å². The van der Waals surface area contributed by atoms with Crippen LogP contribution in [0, 0.1) is 0 Å². The van der Waals surface area contributed by atoms with E-state index in [0.717, 1.165) is 5.33 Å². The molecule has 0 atom stereocenters. The summed E-state index contributed by atoms with van der Waals surface area (Å²) in [6.45, 7) is 3.77. The van der Waals surface area contributed by atoms with E-state index in [4.69, 9.17) is 0 Å². The fourth-order valence-electron chi connectivity index (χ4n) is 1.61. The molecule has 2 aromatic rings. The first-order valence-electron chi connectivity index (χ1n) is 4.55. The van der Waals surface area contributed by atoms with Crippen molar-refractivity contribution >= 4 is 32.8 Å². The highest BCUT2D eigenvalue weighted by Gasteiger charge is 1.98. The lowest BCUT2D eigenvalue weighted by molar-refractivity contribution is 1.49. The third-order valence-electron chi connectivity index (χ3n) is 2.37. The number of benzene rings is 2. The van der Waals surface area contributed by atoms with Crippen LogP contribution in [0.2, 0.25) is 0 Å². The Morgan fingerprint density at radius 3 is 2.79 bits per heavy atom. The summed E-state index contributed by atoms with van der Waals surface area (Å²) >= 11 is 3.49. The Bertz CT molecular complexity index is 472. The number of rotatable bonds is 2. The first kappa shape index (κ1) is 9.47. The summed E-state index contributed by atoms with van der Waals surface area (Å²) in [6.07, 6.45) is 1.88. The van der Waals surface area contributed by atoms with Crippen molar-refractivity contribution in [1.82, 2.24) is 0 Å². The molecule has 1 heteroatoms. The highest BCUT2D eigenvalue weighted by molar-refractivity contribution is 9.08. The van der Waals surface area contributed by atoms with Crippen molar-refractivity contribution in [2.24, 2.45) is 0 Å². The van der Waals surface area contributed by atoms with Crippen LogP contribution in [0.4, 0.5) is 0 Å². The molecule has 0 spiro atoms. The van der Waals surface area contributed by atoms with Gasteiger partial charge in [0.15, 0.2) is 0 Å². The molecule has 0 bridgehead atoms. The average Bonchev–Trinajstić information content (AvgIpc) is 2.27. The zero-order valence-electron chi connectivity index (χ0n) is 7.83. The van der Waals surface area contributed by atoms with Crippen molar-refractivity contribution in [1.29, 1.82) is 0 Å². The Labute approximate surface area is 92.4 Å². The maximum atomic E-state index is 3.77. The van der Waals surface area contributed by atoms with Crippen LogP contribution >= 0.6 is 15.9 Å². The minimum absolute atomic E-state index is 0.901. The van der Waals surface area contributed by atoms with Crippen LogP contribution in [0.25, 0.3) is 16.8 Å². The standard InChI is InChI=1S/C13H11Br/c1-2-10-6-7-13-11(8-10)4-3-5-12(13)9-14/h2-8H,1,9H2. The Kier molecular flexibility index (Phi) is 2.69. The number of fused-ring (bicyclic) bond motifs is 1. The average molecular weight is 247 g/mol. The van der Waals surface area contributed by atoms with Crippen LogP contribution in [-0.2, 0) is 5.33 Å². The van der Waals surface area contributed by atoms with Crippen molar-refractivity contribution in [3.63, 3.8) is 0 Å². The van der Waals surface area contributed by atoms with E-state index < -0.39 is 0 Å². The molecular weight excluding hydrogens is 236 g/mol. The highest BCUT2D eigenvalue weighted by atomic mass is 79.9. The third kappa shape index (κ3) is 1.60. The van der Waals surface area contributed by atoms with Gasteiger partial charge in [0.1, 0.15) is 0 Å². The molecule has 0 saturated carbocycles. The molecule has 0 aliphatic heterocycles. The summed E-state index contributed by atoms with van der Waals surface area (Å²) in [7, 11) is 0. The molecule has 14 heavy (non-hydrogen) atoms. The Morgan fingerprint density at radius 1 is 1.21 bits per heavy atom. The van der Waals surface area contributed by atoms with Gasteiger partial charge < -0.3 is 0 Å². The van der Waals surface area contributed by atoms with Crippen LogP contribution in [0.3, 0.4) is 0 Å². The molecule has 70 valence electrons. The Morgan fingerprint density at radius 2 is 2.07 bits per heavy atom. The van der Waals surface area contributed by atoms with Crippen LogP contribution in [0.15, 0.2) is 43.0 Å². The molecule has 0 saturated heterocycles. The summed E-state index contributed by atoms with van der Waals surface area (Å²) in [6, 6.07) is 12.8. The van der Waals surface area contributed by atoms with Crippen molar-refractivity contribution < 1.29 is 0 Å². The van der Waals surface area contributed by atoms with Crippen molar-refractivity contribution in [2.45, 2.75) is 5.33 Å². The van der Waals surface area contributed by atoms with E-state index in [0.29, 0.717) is 0 Å². The maximum Gasteiger partial charge on any atom is 0.0289 e. The van der Waals surface area contributed by atoms with Gasteiger partial charge in [-0.25, -0.2) is 0 Å². The fourth-order valence-corrected chi connectivity index (χ4v) is 2.10. The Hall–Kier alpha value is -1.08. The van der Waals surface area contributed by atoms with E-state index in [-0.39, 0.29) is 0 Å². The summed E-state index contributed by atoms with van der Waals surface area (Å²) < 4.78 is 0. The van der Waals surface area contributed by atoms with Gasteiger partial charge in [-0.3, -0.25) is 0 Å².